The van der Waals surface area contributed by atoms with Crippen LogP contribution in [0.4, 0.5) is 34.1 Å². The van der Waals surface area contributed by atoms with Gasteiger partial charge in [0.2, 0.25) is 0 Å². The maximum atomic E-state index is 2.83. The number of hydrogen-bond acceptors (Lipinski definition) is 3. The average molecular weight is 905 g/mol. The lowest BCUT2D eigenvalue weighted by atomic mass is 9.35. The lowest BCUT2D eigenvalue weighted by Gasteiger charge is -2.48. The van der Waals surface area contributed by atoms with Crippen LogP contribution in [-0.4, -0.2) is 6.71 Å². The first-order valence-corrected chi connectivity index (χ1v) is 26.3. The van der Waals surface area contributed by atoms with Gasteiger partial charge in [-0.25, -0.2) is 0 Å². The predicted octanol–water partition coefficient (Wildman–Crippen LogP) is 16.4. The van der Waals surface area contributed by atoms with Crippen LogP contribution < -0.4 is 25.5 Å². The Labute approximate surface area is 409 Å². The third-order valence-electron chi connectivity index (χ3n) is 16.8. The molecule has 3 heterocycles. The standard InChI is InChI=1S/C63H77BN2S/c1-38-32-49-53-50(33-38)66(48-35-41(58(5,6)7)34-45(59(8,9)10)51(48)39-22-20-19-21-23-39)54-52-55(63(17,18)31-30-62(52,15)16)67-56(54)64(53)46-36-43-44(61(13,14)29-28-60(43,11)12)37-47(46)65(49)42-26-24-40(25-27-42)57(2,3)4/h19-27,32-37H,28-31H2,1-18H3. The molecule has 4 heteroatoms. The topological polar surface area (TPSA) is 6.48 Å². The summed E-state index contributed by atoms with van der Waals surface area (Å²) in [5.74, 6) is 0. The molecule has 0 saturated heterocycles. The molecule has 2 aliphatic heterocycles. The minimum Gasteiger partial charge on any atom is -0.311 e. The molecule has 1 aromatic heterocycles. The van der Waals surface area contributed by atoms with Crippen LogP contribution in [0.2, 0.25) is 0 Å². The summed E-state index contributed by atoms with van der Waals surface area (Å²) in [5.41, 5.74) is 23.6. The number of aryl methyl sites for hydroxylation is 1. The lowest BCUT2D eigenvalue weighted by molar-refractivity contribution is 0.332. The molecule has 5 aromatic carbocycles. The smallest absolute Gasteiger partial charge is 0.264 e. The van der Waals surface area contributed by atoms with Gasteiger partial charge in [0.1, 0.15) is 0 Å². The van der Waals surface area contributed by atoms with Gasteiger partial charge in [0.05, 0.1) is 11.4 Å². The van der Waals surface area contributed by atoms with Crippen molar-refractivity contribution in [1.82, 2.24) is 0 Å². The van der Waals surface area contributed by atoms with Crippen LogP contribution in [0.25, 0.3) is 11.1 Å². The van der Waals surface area contributed by atoms with Gasteiger partial charge in [-0.05, 0) is 162 Å². The van der Waals surface area contributed by atoms with Crippen LogP contribution >= 0.6 is 11.3 Å². The molecule has 0 unspecified atom stereocenters. The first-order chi connectivity index (χ1) is 31.0. The van der Waals surface area contributed by atoms with E-state index >= 15 is 0 Å². The van der Waals surface area contributed by atoms with E-state index < -0.39 is 0 Å². The molecule has 0 N–H and O–H groups in total. The van der Waals surface area contributed by atoms with Crippen LogP contribution in [0.1, 0.15) is 187 Å². The van der Waals surface area contributed by atoms with Crippen LogP contribution in [-0.2, 0) is 37.9 Å². The second kappa shape index (κ2) is 14.7. The lowest BCUT2D eigenvalue weighted by Crippen LogP contribution is -2.61. The summed E-state index contributed by atoms with van der Waals surface area (Å²) >= 11 is 2.15. The fourth-order valence-corrected chi connectivity index (χ4v) is 14.1. The summed E-state index contributed by atoms with van der Waals surface area (Å²) in [5, 5.41) is 0. The van der Waals surface area contributed by atoms with Crippen molar-refractivity contribution in [2.75, 3.05) is 9.80 Å². The van der Waals surface area contributed by atoms with E-state index in [1.54, 1.807) is 10.4 Å². The molecule has 67 heavy (non-hydrogen) atoms. The highest BCUT2D eigenvalue weighted by Gasteiger charge is 2.52. The van der Waals surface area contributed by atoms with E-state index in [9.17, 15) is 0 Å². The first kappa shape index (κ1) is 46.2. The summed E-state index contributed by atoms with van der Waals surface area (Å²) < 4.78 is 1.51. The Balaban J connectivity index is 1.41. The summed E-state index contributed by atoms with van der Waals surface area (Å²) in [6, 6.07) is 36.5. The molecule has 0 radical (unpaired) electrons. The Hall–Kier alpha value is -4.54. The number of fused-ring (bicyclic) bond motifs is 7. The second-order valence-electron chi connectivity index (χ2n) is 26.9. The summed E-state index contributed by atoms with van der Waals surface area (Å²) in [7, 11) is 0. The largest absolute Gasteiger partial charge is 0.311 e. The molecule has 0 saturated carbocycles. The van der Waals surface area contributed by atoms with Gasteiger partial charge in [-0.2, -0.15) is 11.3 Å². The quantitative estimate of drug-likeness (QED) is 0.163. The zero-order valence-corrected chi connectivity index (χ0v) is 45.2. The fourth-order valence-electron chi connectivity index (χ4n) is 12.3. The minimum absolute atomic E-state index is 0.0149. The van der Waals surface area contributed by atoms with Crippen LogP contribution in [0.15, 0.2) is 91.0 Å². The molecule has 348 valence electrons. The SMILES string of the molecule is Cc1cc2c3c(c1)N(c1cc(C(C)(C)C)cc(C(C)(C)C)c1-c1ccccc1)c1c(sc4c1C(C)(C)CCC4(C)C)B3c1cc3c(cc1N2c1ccc(C(C)(C)C)cc1)C(C)(C)CCC3(C)C. The highest BCUT2D eigenvalue weighted by molar-refractivity contribution is 7.29. The molecule has 2 aliphatic carbocycles. The van der Waals surface area contributed by atoms with E-state index in [1.165, 1.54) is 114 Å². The Bertz CT molecular complexity index is 2970. The van der Waals surface area contributed by atoms with Crippen LogP contribution in [0.3, 0.4) is 0 Å². The molecule has 0 atom stereocenters. The van der Waals surface area contributed by atoms with E-state index in [0.717, 1.165) is 6.42 Å². The van der Waals surface area contributed by atoms with Crippen molar-refractivity contribution in [2.24, 2.45) is 0 Å². The Morgan fingerprint density at radius 2 is 1.07 bits per heavy atom. The molecule has 0 spiro atoms. The maximum Gasteiger partial charge on any atom is 0.264 e. The Kier molecular flexibility index (Phi) is 10.2. The third-order valence-corrected chi connectivity index (χ3v) is 18.4. The van der Waals surface area contributed by atoms with Crippen molar-refractivity contribution in [3.8, 4) is 11.1 Å². The van der Waals surface area contributed by atoms with Crippen molar-refractivity contribution < 1.29 is 0 Å². The van der Waals surface area contributed by atoms with Gasteiger partial charge in [0.15, 0.2) is 0 Å². The van der Waals surface area contributed by atoms with Gasteiger partial charge in [0.25, 0.3) is 6.71 Å². The number of benzene rings is 5. The van der Waals surface area contributed by atoms with E-state index in [0.29, 0.717) is 0 Å². The highest BCUT2D eigenvalue weighted by atomic mass is 32.1. The first-order valence-electron chi connectivity index (χ1n) is 25.5. The van der Waals surface area contributed by atoms with Crippen molar-refractivity contribution in [3.63, 3.8) is 0 Å². The molecule has 0 amide bonds. The van der Waals surface area contributed by atoms with Gasteiger partial charge >= 0.3 is 0 Å². The molecule has 4 aliphatic rings. The van der Waals surface area contributed by atoms with Gasteiger partial charge in [-0.1, -0.05) is 172 Å². The van der Waals surface area contributed by atoms with Gasteiger partial charge in [-0.3, -0.25) is 0 Å². The number of anilines is 6. The molecule has 10 rings (SSSR count). The highest BCUT2D eigenvalue weighted by Crippen LogP contribution is 2.59. The van der Waals surface area contributed by atoms with Crippen molar-refractivity contribution in [1.29, 1.82) is 0 Å². The van der Waals surface area contributed by atoms with Crippen LogP contribution in [0.5, 0.6) is 0 Å². The summed E-state index contributed by atoms with van der Waals surface area (Å²) in [6.07, 6.45) is 4.72. The summed E-state index contributed by atoms with van der Waals surface area (Å²) in [4.78, 5) is 7.09. The molecule has 0 fully saturated rings. The van der Waals surface area contributed by atoms with Crippen molar-refractivity contribution >= 4 is 67.9 Å². The number of rotatable bonds is 3. The molecule has 6 aromatic rings. The normalized spacial score (nSPS) is 18.7. The Morgan fingerprint density at radius 1 is 0.522 bits per heavy atom. The number of nitrogens with zero attached hydrogens (tertiary/aromatic N) is 2. The molecular formula is C63H77BN2S. The average Bonchev–Trinajstić information content (AvgIpc) is 3.66. The third kappa shape index (κ3) is 7.22. The maximum absolute atomic E-state index is 2.83. The van der Waals surface area contributed by atoms with Crippen LogP contribution in [0, 0.1) is 6.92 Å². The second-order valence-corrected chi connectivity index (χ2v) is 28.0. The molecular weight excluding hydrogens is 828 g/mol. The zero-order chi connectivity index (χ0) is 48.3. The van der Waals surface area contributed by atoms with E-state index in [-0.39, 0.29) is 44.6 Å². The van der Waals surface area contributed by atoms with Gasteiger partial charge < -0.3 is 9.80 Å². The van der Waals surface area contributed by atoms with Crippen molar-refractivity contribution in [2.45, 2.75) is 188 Å². The predicted molar refractivity (Wildman–Crippen MR) is 295 cm³/mol. The van der Waals surface area contributed by atoms with E-state index in [4.69, 9.17) is 0 Å². The monoisotopic (exact) mass is 905 g/mol. The van der Waals surface area contributed by atoms with Gasteiger partial charge in [0, 0.05) is 38.0 Å². The van der Waals surface area contributed by atoms with Gasteiger partial charge in [-0.15, -0.1) is 0 Å². The zero-order valence-electron chi connectivity index (χ0n) is 44.4. The number of thiophene rings is 1. The minimum atomic E-state index is -0.113. The molecule has 0 bridgehead atoms. The fraction of sp³-hybridized carbons (Fsp3) is 0.460. The van der Waals surface area contributed by atoms with E-state index in [1.807, 2.05) is 0 Å². The summed E-state index contributed by atoms with van der Waals surface area (Å²) in [6.45, 7) is 44.0. The Morgan fingerprint density at radius 3 is 1.66 bits per heavy atom. The van der Waals surface area contributed by atoms with E-state index in [2.05, 4.69) is 237 Å². The number of hydrogen-bond donors (Lipinski definition) is 0. The molecule has 2 nitrogen and oxygen atoms in total. The van der Waals surface area contributed by atoms with Crippen molar-refractivity contribution in [3.05, 3.63) is 135 Å².